The molecule has 1 rings (SSSR count). The molecule has 1 heterocycles. The Balaban J connectivity index is 2.61. The van der Waals surface area contributed by atoms with Crippen LogP contribution in [0.3, 0.4) is 0 Å². The summed E-state index contributed by atoms with van der Waals surface area (Å²) < 4.78 is 13.4. The van der Waals surface area contributed by atoms with Crippen LogP contribution in [0.5, 0.6) is 0 Å². The average Bonchev–Trinajstić information content (AvgIpc) is 1.91. The Kier molecular flexibility index (Phi) is 2.19. The Hall–Kier alpha value is -0.920. The van der Waals surface area contributed by atoms with Gasteiger partial charge >= 0.3 is 0 Å². The normalized spacial score (nSPS) is 9.44. The molecule has 0 bridgehead atoms. The number of hydrogen-bond donors (Lipinski definition) is 0. The fraction of sp³-hybridized carbons (Fsp3) is 0.286. The van der Waals surface area contributed by atoms with Crippen LogP contribution in [0.25, 0.3) is 0 Å². The van der Waals surface area contributed by atoms with Crippen LogP contribution >= 0.6 is 0 Å². The summed E-state index contributed by atoms with van der Waals surface area (Å²) in [6.45, 7) is 0.111. The Labute approximate surface area is 53.8 Å². The number of aryl methyl sites for hydroxylation is 1. The van der Waals surface area contributed by atoms with Crippen molar-refractivity contribution in [1.29, 1.82) is 0 Å². The van der Waals surface area contributed by atoms with Crippen LogP contribution in [0.4, 0.5) is 4.39 Å². The maximum atomic E-state index is 11.6. The molecule has 0 unspecified atom stereocenters. The van der Waals surface area contributed by atoms with Gasteiger partial charge < -0.3 is 0 Å². The lowest BCUT2D eigenvalue weighted by atomic mass is 10.5. The second kappa shape index (κ2) is 3.17. The Morgan fingerprint density at radius 3 is 3.00 bits per heavy atom. The second-order valence-corrected chi connectivity index (χ2v) is 1.73. The van der Waals surface area contributed by atoms with Gasteiger partial charge in [-0.1, -0.05) is 0 Å². The van der Waals surface area contributed by atoms with Gasteiger partial charge in [0.05, 0.1) is 6.07 Å². The van der Waals surface area contributed by atoms with E-state index >= 15 is 0 Å². The van der Waals surface area contributed by atoms with E-state index in [0.29, 0.717) is 6.54 Å². The van der Waals surface area contributed by atoms with Crippen molar-refractivity contribution in [3.8, 4) is 0 Å². The quantitative estimate of drug-likeness (QED) is 0.513. The zero-order chi connectivity index (χ0) is 6.53. The summed E-state index contributed by atoms with van der Waals surface area (Å²) in [5.74, 6) is 0. The van der Waals surface area contributed by atoms with Crippen molar-refractivity contribution in [2.45, 2.75) is 6.54 Å². The zero-order valence-electron chi connectivity index (χ0n) is 5.05. The Morgan fingerprint density at radius 1 is 1.56 bits per heavy atom. The fourth-order valence-electron chi connectivity index (χ4n) is 0.628. The van der Waals surface area contributed by atoms with Crippen molar-refractivity contribution in [3.63, 3.8) is 0 Å². The molecular formula is C7H8FN+. The molecule has 0 N–H and O–H groups in total. The fourth-order valence-corrected chi connectivity index (χ4v) is 0.628. The minimum Gasteiger partial charge on any atom is -0.244 e. The van der Waals surface area contributed by atoms with Crippen molar-refractivity contribution in [2.75, 3.05) is 6.67 Å². The van der Waals surface area contributed by atoms with Crippen molar-refractivity contribution in [3.05, 3.63) is 30.6 Å². The minimum atomic E-state index is -0.317. The smallest absolute Gasteiger partial charge is 0.176 e. The van der Waals surface area contributed by atoms with Crippen molar-refractivity contribution < 1.29 is 8.96 Å². The summed E-state index contributed by atoms with van der Waals surface area (Å²) in [5, 5.41) is 0. The van der Waals surface area contributed by atoms with E-state index in [1.807, 2.05) is 12.3 Å². The predicted molar refractivity (Wildman–Crippen MR) is 31.4 cm³/mol. The first kappa shape index (κ1) is 6.20. The summed E-state index contributed by atoms with van der Waals surface area (Å²) in [6.07, 6.45) is 3.54. The maximum Gasteiger partial charge on any atom is 0.176 e. The van der Waals surface area contributed by atoms with Gasteiger partial charge in [-0.2, -0.15) is 0 Å². The van der Waals surface area contributed by atoms with Crippen LogP contribution in [-0.4, -0.2) is 6.67 Å². The van der Waals surface area contributed by atoms with Gasteiger partial charge in [-0.25, -0.2) is 8.96 Å². The van der Waals surface area contributed by atoms with Gasteiger partial charge in [-0.05, 0) is 6.07 Å². The van der Waals surface area contributed by atoms with Crippen LogP contribution in [0, 0.1) is 6.07 Å². The minimum absolute atomic E-state index is 0.317. The summed E-state index contributed by atoms with van der Waals surface area (Å²) in [5.41, 5.74) is 0. The molecule has 0 aliphatic heterocycles. The highest BCUT2D eigenvalue weighted by atomic mass is 19.1. The summed E-state index contributed by atoms with van der Waals surface area (Å²) >= 11 is 0. The number of halogens is 1. The number of aromatic nitrogens is 1. The number of alkyl halides is 1. The van der Waals surface area contributed by atoms with Crippen molar-refractivity contribution in [2.24, 2.45) is 0 Å². The van der Waals surface area contributed by atoms with E-state index < -0.39 is 0 Å². The van der Waals surface area contributed by atoms with E-state index in [4.69, 9.17) is 0 Å². The number of hydrogen-bond acceptors (Lipinski definition) is 0. The molecule has 0 amide bonds. The highest BCUT2D eigenvalue weighted by Gasteiger charge is 1.93. The highest BCUT2D eigenvalue weighted by Crippen LogP contribution is 1.75. The van der Waals surface area contributed by atoms with E-state index in [2.05, 4.69) is 6.07 Å². The van der Waals surface area contributed by atoms with Gasteiger partial charge in [0, 0.05) is 6.07 Å². The molecule has 0 saturated carbocycles. The SMILES string of the molecule is FCC[n+]1c[c]ccc1. The molecule has 1 nitrogen and oxygen atoms in total. The average molecular weight is 125 g/mol. The molecule has 0 fully saturated rings. The molecule has 1 radical (unpaired) electrons. The Morgan fingerprint density at radius 2 is 2.44 bits per heavy atom. The van der Waals surface area contributed by atoms with Crippen LogP contribution in [0.15, 0.2) is 24.5 Å². The van der Waals surface area contributed by atoms with Gasteiger partial charge in [-0.3, -0.25) is 0 Å². The molecule has 0 aliphatic carbocycles. The number of nitrogens with zero attached hydrogens (tertiary/aromatic N) is 1. The molecule has 2 heteroatoms. The summed E-state index contributed by atoms with van der Waals surface area (Å²) in [4.78, 5) is 0. The van der Waals surface area contributed by atoms with Crippen LogP contribution in [0.1, 0.15) is 0 Å². The highest BCUT2D eigenvalue weighted by molar-refractivity contribution is 4.81. The standard InChI is InChI=1S/C7H8FN/c8-4-7-9-5-2-1-3-6-9/h1-2,5-6H,4,7H2/q+1. The van der Waals surface area contributed by atoms with Gasteiger partial charge in [0.2, 0.25) is 0 Å². The third-order valence-electron chi connectivity index (χ3n) is 1.05. The molecule has 1 aromatic rings. The molecule has 0 spiro atoms. The lowest BCUT2D eigenvalue weighted by Crippen LogP contribution is -2.33. The van der Waals surface area contributed by atoms with E-state index in [0.717, 1.165) is 0 Å². The summed E-state index contributed by atoms with van der Waals surface area (Å²) in [6, 6.07) is 6.46. The molecule has 0 saturated heterocycles. The lowest BCUT2D eigenvalue weighted by Gasteiger charge is -1.86. The molecule has 1 aromatic heterocycles. The lowest BCUT2D eigenvalue weighted by molar-refractivity contribution is -0.697. The first-order valence-electron chi connectivity index (χ1n) is 2.84. The first-order valence-corrected chi connectivity index (χ1v) is 2.84. The van der Waals surface area contributed by atoms with Crippen molar-refractivity contribution >= 4 is 0 Å². The van der Waals surface area contributed by atoms with E-state index in [9.17, 15) is 4.39 Å². The molecule has 0 atom stereocenters. The topological polar surface area (TPSA) is 3.88 Å². The van der Waals surface area contributed by atoms with Crippen molar-refractivity contribution in [1.82, 2.24) is 0 Å². The van der Waals surface area contributed by atoms with Gasteiger partial charge in [0.15, 0.2) is 18.9 Å². The number of rotatable bonds is 2. The molecule has 0 aliphatic rings. The monoisotopic (exact) mass is 125 g/mol. The number of pyridine rings is 1. The van der Waals surface area contributed by atoms with Crippen LogP contribution < -0.4 is 4.57 Å². The van der Waals surface area contributed by atoms with Crippen LogP contribution in [-0.2, 0) is 6.54 Å². The first-order chi connectivity index (χ1) is 4.43. The van der Waals surface area contributed by atoms with E-state index in [1.165, 1.54) is 0 Å². The van der Waals surface area contributed by atoms with E-state index in [-0.39, 0.29) is 6.67 Å². The second-order valence-electron chi connectivity index (χ2n) is 1.73. The molecule has 47 valence electrons. The molecular weight excluding hydrogens is 117 g/mol. The van der Waals surface area contributed by atoms with Gasteiger partial charge in [0.25, 0.3) is 0 Å². The zero-order valence-corrected chi connectivity index (χ0v) is 5.05. The third-order valence-corrected chi connectivity index (χ3v) is 1.05. The Bertz CT molecular complexity index is 162. The van der Waals surface area contributed by atoms with E-state index in [1.54, 1.807) is 16.8 Å². The van der Waals surface area contributed by atoms with Gasteiger partial charge in [-0.15, -0.1) is 0 Å². The molecule has 9 heavy (non-hydrogen) atoms. The third kappa shape index (κ3) is 1.80. The molecule has 0 aromatic carbocycles. The summed E-state index contributed by atoms with van der Waals surface area (Å²) in [7, 11) is 0. The van der Waals surface area contributed by atoms with Crippen LogP contribution in [0.2, 0.25) is 0 Å². The largest absolute Gasteiger partial charge is 0.244 e. The van der Waals surface area contributed by atoms with Gasteiger partial charge in [0.1, 0.15) is 6.67 Å². The maximum absolute atomic E-state index is 11.6. The predicted octanol–water partition coefficient (Wildman–Crippen LogP) is 0.744.